The Kier molecular flexibility index (Phi) is 3.72. The van der Waals surface area contributed by atoms with Crippen molar-refractivity contribution in [1.29, 1.82) is 5.26 Å². The number of aryl methyl sites for hydroxylation is 1. The summed E-state index contributed by atoms with van der Waals surface area (Å²) in [4.78, 5) is 16.6. The molecule has 1 heterocycles. The van der Waals surface area contributed by atoms with Crippen LogP contribution >= 0.6 is 11.3 Å². The van der Waals surface area contributed by atoms with Gasteiger partial charge in [-0.1, -0.05) is 0 Å². The summed E-state index contributed by atoms with van der Waals surface area (Å²) in [5, 5.41) is 8.67. The van der Waals surface area contributed by atoms with Crippen molar-refractivity contribution in [3.05, 3.63) is 21.9 Å². The molecule has 0 aliphatic heterocycles. The van der Waals surface area contributed by atoms with Crippen LogP contribution in [0.3, 0.4) is 0 Å². The molecule has 0 saturated heterocycles. The summed E-state index contributed by atoms with van der Waals surface area (Å²) in [6, 6.07) is 6.37. The summed E-state index contributed by atoms with van der Waals surface area (Å²) in [7, 11) is 1.80. The summed E-state index contributed by atoms with van der Waals surface area (Å²) < 4.78 is 0. The molecule has 3 nitrogen and oxygen atoms in total. The van der Waals surface area contributed by atoms with Gasteiger partial charge in [-0.25, -0.2) is 0 Å². The summed E-state index contributed by atoms with van der Waals surface area (Å²) >= 11 is 1.79. The van der Waals surface area contributed by atoms with Crippen LogP contribution in [0.15, 0.2) is 12.1 Å². The minimum atomic E-state index is 0.00817. The molecular formula is C14H18N2OS. The van der Waals surface area contributed by atoms with E-state index in [9.17, 15) is 4.79 Å². The van der Waals surface area contributed by atoms with Gasteiger partial charge in [0.05, 0.1) is 12.5 Å². The van der Waals surface area contributed by atoms with Crippen LogP contribution < -0.4 is 0 Å². The van der Waals surface area contributed by atoms with Crippen LogP contribution in [0.25, 0.3) is 0 Å². The molecule has 0 unspecified atom stereocenters. The van der Waals surface area contributed by atoms with E-state index in [-0.39, 0.29) is 17.9 Å². The Morgan fingerprint density at radius 2 is 2.39 bits per heavy atom. The maximum absolute atomic E-state index is 12.2. The number of carbonyl (C=O) groups is 1. The summed E-state index contributed by atoms with van der Waals surface area (Å²) in [5.41, 5.74) is 0. The van der Waals surface area contributed by atoms with Crippen LogP contribution in [-0.2, 0) is 4.79 Å². The molecule has 1 aromatic heterocycles. The Hall–Kier alpha value is -1.34. The van der Waals surface area contributed by atoms with Gasteiger partial charge in [-0.3, -0.25) is 4.79 Å². The first-order valence-electron chi connectivity index (χ1n) is 6.24. The predicted octanol–water partition coefficient (Wildman–Crippen LogP) is 2.92. The lowest BCUT2D eigenvalue weighted by molar-refractivity contribution is -0.133. The fourth-order valence-electron chi connectivity index (χ4n) is 2.18. The van der Waals surface area contributed by atoms with Crippen LogP contribution in [0.2, 0.25) is 0 Å². The average Bonchev–Trinajstić information content (AvgIpc) is 3.03. The number of amides is 1. The van der Waals surface area contributed by atoms with Gasteiger partial charge in [0.15, 0.2) is 0 Å². The van der Waals surface area contributed by atoms with Crippen LogP contribution in [-0.4, -0.2) is 23.9 Å². The van der Waals surface area contributed by atoms with E-state index in [0.717, 1.165) is 6.42 Å². The molecule has 0 bridgehead atoms. The van der Waals surface area contributed by atoms with E-state index in [4.69, 9.17) is 5.26 Å². The largest absolute Gasteiger partial charge is 0.342 e. The van der Waals surface area contributed by atoms with Gasteiger partial charge in [0.1, 0.15) is 0 Å². The maximum atomic E-state index is 12.2. The van der Waals surface area contributed by atoms with E-state index in [2.05, 4.69) is 25.1 Å². The number of rotatable bonds is 4. The van der Waals surface area contributed by atoms with Gasteiger partial charge in [0.2, 0.25) is 5.91 Å². The highest BCUT2D eigenvalue weighted by Crippen LogP contribution is 2.50. The summed E-state index contributed by atoms with van der Waals surface area (Å²) in [6.07, 6.45) is 1.36. The molecule has 2 rings (SSSR count). The highest BCUT2D eigenvalue weighted by atomic mass is 32.1. The lowest BCUT2D eigenvalue weighted by Gasteiger charge is -2.23. The third-order valence-electron chi connectivity index (χ3n) is 3.63. The zero-order chi connectivity index (χ0) is 13.3. The van der Waals surface area contributed by atoms with Crippen molar-refractivity contribution in [2.45, 2.75) is 38.6 Å². The molecule has 1 fully saturated rings. The second-order valence-electron chi connectivity index (χ2n) is 5.06. The molecule has 0 aromatic carbocycles. The third kappa shape index (κ3) is 2.56. The van der Waals surface area contributed by atoms with Gasteiger partial charge >= 0.3 is 0 Å². The van der Waals surface area contributed by atoms with Gasteiger partial charge in [-0.2, -0.15) is 5.26 Å². The summed E-state index contributed by atoms with van der Waals surface area (Å²) in [5.74, 6) is 0.732. The third-order valence-corrected chi connectivity index (χ3v) is 4.76. The molecule has 0 spiro atoms. The second-order valence-corrected chi connectivity index (χ2v) is 6.38. The minimum Gasteiger partial charge on any atom is -0.342 e. The minimum absolute atomic E-state index is 0.00817. The maximum Gasteiger partial charge on any atom is 0.226 e. The van der Waals surface area contributed by atoms with Crippen molar-refractivity contribution in [3.63, 3.8) is 0 Å². The molecule has 96 valence electrons. The van der Waals surface area contributed by atoms with Crippen molar-refractivity contribution in [2.75, 3.05) is 7.05 Å². The van der Waals surface area contributed by atoms with Crippen LogP contribution in [0.1, 0.15) is 35.4 Å². The van der Waals surface area contributed by atoms with Crippen molar-refractivity contribution in [3.8, 4) is 6.07 Å². The van der Waals surface area contributed by atoms with E-state index >= 15 is 0 Å². The first-order valence-corrected chi connectivity index (χ1v) is 7.06. The highest BCUT2D eigenvalue weighted by Gasteiger charge is 2.46. The smallest absolute Gasteiger partial charge is 0.226 e. The fourth-order valence-corrected chi connectivity index (χ4v) is 3.24. The number of thiophene rings is 1. The highest BCUT2D eigenvalue weighted by molar-refractivity contribution is 7.12. The van der Waals surface area contributed by atoms with Gasteiger partial charge in [-0.15, -0.1) is 11.3 Å². The zero-order valence-corrected chi connectivity index (χ0v) is 11.8. The molecule has 0 N–H and O–H groups in total. The fraction of sp³-hybridized carbons (Fsp3) is 0.571. The quantitative estimate of drug-likeness (QED) is 0.837. The van der Waals surface area contributed by atoms with Crippen LogP contribution in [0.5, 0.6) is 0 Å². The Bertz CT molecular complexity index is 488. The number of carbonyl (C=O) groups excluding carboxylic acids is 1. The molecule has 1 amide bonds. The van der Waals surface area contributed by atoms with E-state index in [0.29, 0.717) is 12.3 Å². The monoisotopic (exact) mass is 262 g/mol. The first-order chi connectivity index (χ1) is 8.54. The van der Waals surface area contributed by atoms with E-state index in [1.54, 1.807) is 23.3 Å². The summed E-state index contributed by atoms with van der Waals surface area (Å²) in [6.45, 7) is 4.02. The molecule has 1 saturated carbocycles. The van der Waals surface area contributed by atoms with Crippen LogP contribution in [0, 0.1) is 24.2 Å². The number of hydrogen-bond acceptors (Lipinski definition) is 3. The molecule has 1 aromatic rings. The molecule has 1 aliphatic rings. The standard InChI is InChI=1S/C14H18N2OS/c1-9(6-7-15)16(3)14(17)12-8-11(12)13-5-4-10(2)18-13/h4-5,9,11-12H,6,8H2,1-3H3/t9-,11-,12+/m1/s1. The van der Waals surface area contributed by atoms with Gasteiger partial charge in [0.25, 0.3) is 0 Å². The Morgan fingerprint density at radius 1 is 1.67 bits per heavy atom. The van der Waals surface area contributed by atoms with E-state index in [1.807, 2.05) is 6.92 Å². The number of nitrogens with zero attached hydrogens (tertiary/aromatic N) is 2. The van der Waals surface area contributed by atoms with Gasteiger partial charge in [0, 0.05) is 34.7 Å². The van der Waals surface area contributed by atoms with Crippen molar-refractivity contribution < 1.29 is 4.79 Å². The van der Waals surface area contributed by atoms with Gasteiger partial charge in [-0.05, 0) is 32.4 Å². The Labute approximate surface area is 112 Å². The zero-order valence-electron chi connectivity index (χ0n) is 11.0. The first kappa shape index (κ1) is 13.1. The lowest BCUT2D eigenvalue weighted by Crippen LogP contribution is -2.36. The molecule has 0 radical (unpaired) electrons. The van der Waals surface area contributed by atoms with Gasteiger partial charge < -0.3 is 4.90 Å². The topological polar surface area (TPSA) is 44.1 Å². The second kappa shape index (κ2) is 5.11. The Morgan fingerprint density at radius 3 is 2.94 bits per heavy atom. The molecular weight excluding hydrogens is 244 g/mol. The lowest BCUT2D eigenvalue weighted by atomic mass is 10.2. The van der Waals surface area contributed by atoms with Crippen LogP contribution in [0.4, 0.5) is 0 Å². The van der Waals surface area contributed by atoms with E-state index in [1.165, 1.54) is 9.75 Å². The van der Waals surface area contributed by atoms with E-state index < -0.39 is 0 Å². The molecule has 3 atom stereocenters. The predicted molar refractivity (Wildman–Crippen MR) is 72.4 cm³/mol. The molecule has 4 heteroatoms. The number of hydrogen-bond donors (Lipinski definition) is 0. The SMILES string of the molecule is Cc1ccc([C@@H]2C[C@@H]2C(=O)N(C)[C@H](C)CC#N)s1. The van der Waals surface area contributed by atoms with Crippen molar-refractivity contribution in [2.24, 2.45) is 5.92 Å². The van der Waals surface area contributed by atoms with Crippen molar-refractivity contribution >= 4 is 17.2 Å². The number of nitriles is 1. The normalized spacial score (nSPS) is 23.2. The van der Waals surface area contributed by atoms with Crippen molar-refractivity contribution in [1.82, 2.24) is 4.90 Å². The average molecular weight is 262 g/mol. The Balaban J connectivity index is 1.95. The molecule has 1 aliphatic carbocycles. The molecule has 18 heavy (non-hydrogen) atoms.